The lowest BCUT2D eigenvalue weighted by Gasteiger charge is -2.38. The largest absolute Gasteiger partial charge is 0.478 e. The summed E-state index contributed by atoms with van der Waals surface area (Å²) in [4.78, 5) is 11.6. The van der Waals surface area contributed by atoms with Gasteiger partial charge in [0.1, 0.15) is 5.82 Å². The second kappa shape index (κ2) is 5.64. The number of allylic oxidation sites excluding steroid dienone is 2. The van der Waals surface area contributed by atoms with Gasteiger partial charge < -0.3 is 10.4 Å². The van der Waals surface area contributed by atoms with Crippen molar-refractivity contribution in [2.24, 2.45) is 5.92 Å². The molecule has 0 radical (unpaired) electrons. The van der Waals surface area contributed by atoms with Crippen molar-refractivity contribution in [3.8, 4) is 0 Å². The predicted octanol–water partition coefficient (Wildman–Crippen LogP) is 5.00. The van der Waals surface area contributed by atoms with Gasteiger partial charge in [-0.1, -0.05) is 42.0 Å². The van der Waals surface area contributed by atoms with E-state index in [1.807, 2.05) is 18.2 Å². The number of fused-ring (bicyclic) bond motifs is 3. The number of nitrogens with one attached hydrogen (secondary N) is 1. The highest BCUT2D eigenvalue weighted by Crippen LogP contribution is 2.52. The van der Waals surface area contributed by atoms with Crippen LogP contribution in [0.25, 0.3) is 0 Å². The third-order valence-corrected chi connectivity index (χ3v) is 5.25. The molecule has 2 N–H and O–H groups in total. The SMILES string of the molecule is O=C(O)c1ccc(Cl)c2c1[C@@H]1C=CC[C@H]1[C@H](c1ccccc1F)N2. The topological polar surface area (TPSA) is 49.3 Å². The molecule has 0 aromatic heterocycles. The number of aromatic carboxylic acids is 1. The highest BCUT2D eigenvalue weighted by Gasteiger charge is 2.41. The van der Waals surface area contributed by atoms with Gasteiger partial charge in [-0.05, 0) is 36.1 Å². The lowest BCUT2D eigenvalue weighted by molar-refractivity contribution is 0.0695. The molecule has 0 amide bonds. The molecule has 3 atom stereocenters. The van der Waals surface area contributed by atoms with Gasteiger partial charge >= 0.3 is 5.97 Å². The summed E-state index contributed by atoms with van der Waals surface area (Å²) < 4.78 is 14.3. The van der Waals surface area contributed by atoms with Crippen LogP contribution in [0.5, 0.6) is 0 Å². The van der Waals surface area contributed by atoms with Gasteiger partial charge in [-0.25, -0.2) is 9.18 Å². The zero-order valence-electron chi connectivity index (χ0n) is 12.7. The third kappa shape index (κ3) is 2.21. The van der Waals surface area contributed by atoms with E-state index in [1.165, 1.54) is 12.1 Å². The molecule has 0 unspecified atom stereocenters. The molecule has 1 heterocycles. The average molecular weight is 344 g/mol. The summed E-state index contributed by atoms with van der Waals surface area (Å²) in [5.74, 6) is -1.27. The maximum atomic E-state index is 14.3. The molecule has 0 bridgehead atoms. The Morgan fingerprint density at radius 2 is 2.04 bits per heavy atom. The summed E-state index contributed by atoms with van der Waals surface area (Å²) >= 11 is 6.33. The summed E-state index contributed by atoms with van der Waals surface area (Å²) in [6, 6.07) is 9.55. The van der Waals surface area contributed by atoms with Crippen LogP contribution in [0.2, 0.25) is 5.02 Å². The molecule has 0 saturated carbocycles. The number of carboxylic acid groups (broad SMARTS) is 1. The molecule has 0 saturated heterocycles. The summed E-state index contributed by atoms with van der Waals surface area (Å²) in [6.45, 7) is 0. The number of benzene rings is 2. The number of carboxylic acids is 1. The van der Waals surface area contributed by atoms with Crippen molar-refractivity contribution in [2.45, 2.75) is 18.4 Å². The fraction of sp³-hybridized carbons (Fsp3) is 0.211. The van der Waals surface area contributed by atoms with Gasteiger partial charge in [0.2, 0.25) is 0 Å². The smallest absolute Gasteiger partial charge is 0.336 e. The van der Waals surface area contributed by atoms with Gasteiger partial charge in [0.15, 0.2) is 0 Å². The molecule has 5 heteroatoms. The quantitative estimate of drug-likeness (QED) is 0.754. The fourth-order valence-corrected chi connectivity index (χ4v) is 4.12. The fourth-order valence-electron chi connectivity index (χ4n) is 3.90. The number of anilines is 1. The van der Waals surface area contributed by atoms with Crippen LogP contribution in [0.1, 0.15) is 39.9 Å². The standard InChI is InChI=1S/C19H15ClFNO2/c20-14-9-8-13(19(23)24)16-10-5-3-6-11(10)17(22-18(14)16)12-4-1-2-7-15(12)21/h1-5,7-11,17,22H,6H2,(H,23,24)/t10-,11-,17-/m1/s1. The first kappa shape index (κ1) is 15.2. The molecule has 4 rings (SSSR count). The van der Waals surface area contributed by atoms with Crippen LogP contribution in [0, 0.1) is 11.7 Å². The molecule has 2 aliphatic rings. The maximum absolute atomic E-state index is 14.3. The van der Waals surface area contributed by atoms with E-state index in [-0.39, 0.29) is 29.3 Å². The van der Waals surface area contributed by atoms with Crippen LogP contribution < -0.4 is 5.32 Å². The van der Waals surface area contributed by atoms with E-state index in [9.17, 15) is 14.3 Å². The molecule has 24 heavy (non-hydrogen) atoms. The van der Waals surface area contributed by atoms with Crippen LogP contribution in [0.4, 0.5) is 10.1 Å². The third-order valence-electron chi connectivity index (χ3n) is 4.94. The van der Waals surface area contributed by atoms with Crippen molar-refractivity contribution in [1.82, 2.24) is 0 Å². The molecule has 2 aromatic carbocycles. The number of halogens is 2. The van der Waals surface area contributed by atoms with Crippen molar-refractivity contribution in [2.75, 3.05) is 5.32 Å². The molecule has 122 valence electrons. The highest BCUT2D eigenvalue weighted by molar-refractivity contribution is 6.33. The van der Waals surface area contributed by atoms with Gasteiger partial charge in [0.25, 0.3) is 0 Å². The normalized spacial score (nSPS) is 24.2. The van der Waals surface area contributed by atoms with E-state index < -0.39 is 5.97 Å². The number of hydrogen-bond acceptors (Lipinski definition) is 2. The molecule has 1 aliphatic carbocycles. The Kier molecular flexibility index (Phi) is 3.57. The van der Waals surface area contributed by atoms with E-state index in [4.69, 9.17) is 11.6 Å². The first-order valence-electron chi connectivity index (χ1n) is 7.81. The Balaban J connectivity index is 1.90. The average Bonchev–Trinajstić information content (AvgIpc) is 3.05. The Morgan fingerprint density at radius 1 is 1.25 bits per heavy atom. The van der Waals surface area contributed by atoms with Gasteiger partial charge in [0.05, 0.1) is 22.3 Å². The Hall–Kier alpha value is -2.33. The van der Waals surface area contributed by atoms with Crippen LogP contribution >= 0.6 is 11.6 Å². The first-order valence-corrected chi connectivity index (χ1v) is 8.19. The van der Waals surface area contributed by atoms with Crippen molar-refractivity contribution in [1.29, 1.82) is 0 Å². The van der Waals surface area contributed by atoms with Gasteiger partial charge in [-0.2, -0.15) is 0 Å². The molecule has 1 aliphatic heterocycles. The van der Waals surface area contributed by atoms with E-state index in [1.54, 1.807) is 18.2 Å². The summed E-state index contributed by atoms with van der Waals surface area (Å²) in [6.07, 6.45) is 4.81. The molecular weight excluding hydrogens is 329 g/mol. The first-order chi connectivity index (χ1) is 11.6. The van der Waals surface area contributed by atoms with E-state index in [2.05, 4.69) is 5.32 Å². The van der Waals surface area contributed by atoms with Crippen LogP contribution in [-0.4, -0.2) is 11.1 Å². The summed E-state index contributed by atoms with van der Waals surface area (Å²) in [5.41, 5.74) is 2.12. The van der Waals surface area contributed by atoms with Crippen LogP contribution in [-0.2, 0) is 0 Å². The van der Waals surface area contributed by atoms with Gasteiger partial charge in [-0.15, -0.1) is 0 Å². The van der Waals surface area contributed by atoms with E-state index >= 15 is 0 Å². The molecule has 3 nitrogen and oxygen atoms in total. The van der Waals surface area contributed by atoms with Gasteiger partial charge in [-0.3, -0.25) is 0 Å². The Bertz CT molecular complexity index is 864. The predicted molar refractivity (Wildman–Crippen MR) is 91.2 cm³/mol. The monoisotopic (exact) mass is 343 g/mol. The highest BCUT2D eigenvalue weighted by atomic mass is 35.5. The number of hydrogen-bond donors (Lipinski definition) is 2. The lowest BCUT2D eigenvalue weighted by atomic mass is 9.75. The van der Waals surface area contributed by atoms with Gasteiger partial charge in [0, 0.05) is 11.5 Å². The minimum atomic E-state index is -0.979. The summed E-state index contributed by atoms with van der Waals surface area (Å²) in [5, 5.41) is 13.3. The van der Waals surface area contributed by atoms with Crippen molar-refractivity contribution in [3.05, 3.63) is 76.1 Å². The van der Waals surface area contributed by atoms with Crippen molar-refractivity contribution in [3.63, 3.8) is 0 Å². The second-order valence-corrected chi connectivity index (χ2v) is 6.59. The van der Waals surface area contributed by atoms with Crippen LogP contribution in [0.3, 0.4) is 0 Å². The number of carbonyl (C=O) groups is 1. The van der Waals surface area contributed by atoms with E-state index in [0.29, 0.717) is 21.8 Å². The van der Waals surface area contributed by atoms with Crippen molar-refractivity contribution < 1.29 is 14.3 Å². The molecular formula is C19H15ClFNO2. The zero-order chi connectivity index (χ0) is 16.8. The molecule has 0 spiro atoms. The Labute approximate surface area is 143 Å². The zero-order valence-corrected chi connectivity index (χ0v) is 13.4. The Morgan fingerprint density at radius 3 is 2.79 bits per heavy atom. The van der Waals surface area contributed by atoms with Crippen LogP contribution in [0.15, 0.2) is 48.6 Å². The minimum Gasteiger partial charge on any atom is -0.478 e. The second-order valence-electron chi connectivity index (χ2n) is 6.19. The maximum Gasteiger partial charge on any atom is 0.336 e. The molecule has 0 fully saturated rings. The van der Waals surface area contributed by atoms with Crippen molar-refractivity contribution >= 4 is 23.3 Å². The van der Waals surface area contributed by atoms with E-state index in [0.717, 1.165) is 6.42 Å². The minimum absolute atomic E-state index is 0.0611. The molecule has 2 aromatic rings. The number of rotatable bonds is 2. The lowest BCUT2D eigenvalue weighted by Crippen LogP contribution is -2.31. The summed E-state index contributed by atoms with van der Waals surface area (Å²) in [7, 11) is 0.